The van der Waals surface area contributed by atoms with Crippen molar-refractivity contribution >= 4 is 6.08 Å². The fraction of sp³-hybridized carbons (Fsp3) is 0.500. The molecule has 0 saturated carbocycles. The molecule has 0 radical (unpaired) electrons. The van der Waals surface area contributed by atoms with Gasteiger partial charge in [0.1, 0.15) is 0 Å². The number of aliphatic imine (C=N–C) groups is 1. The van der Waals surface area contributed by atoms with Crippen molar-refractivity contribution in [1.29, 1.82) is 0 Å². The maximum absolute atomic E-state index is 10.1. The van der Waals surface area contributed by atoms with Crippen LogP contribution >= 0.6 is 0 Å². The van der Waals surface area contributed by atoms with Crippen molar-refractivity contribution in [3.8, 4) is 0 Å². The Hall–Kier alpha value is -1.40. The molecule has 1 aromatic rings. The van der Waals surface area contributed by atoms with Gasteiger partial charge in [-0.1, -0.05) is 44.5 Å². The van der Waals surface area contributed by atoms with Crippen LogP contribution in [0.15, 0.2) is 23.2 Å². The monoisotopic (exact) mass is 217 g/mol. The van der Waals surface area contributed by atoms with Crippen LogP contribution < -0.4 is 0 Å². The number of hydrogen-bond acceptors (Lipinski definition) is 2. The Morgan fingerprint density at radius 2 is 2.00 bits per heavy atom. The Morgan fingerprint density at radius 1 is 1.31 bits per heavy atom. The summed E-state index contributed by atoms with van der Waals surface area (Å²) in [6.07, 6.45) is 2.67. The first-order valence-electron chi connectivity index (χ1n) is 5.64. The van der Waals surface area contributed by atoms with Gasteiger partial charge in [0.25, 0.3) is 0 Å². The highest BCUT2D eigenvalue weighted by Crippen LogP contribution is 2.28. The first-order chi connectivity index (χ1) is 7.49. The zero-order valence-corrected chi connectivity index (χ0v) is 10.5. The van der Waals surface area contributed by atoms with Crippen LogP contribution in [-0.4, -0.2) is 6.08 Å². The second kappa shape index (κ2) is 5.09. The lowest BCUT2D eigenvalue weighted by atomic mass is 9.81. The van der Waals surface area contributed by atoms with Crippen LogP contribution in [0.25, 0.3) is 0 Å². The number of isocyanates is 1. The molecule has 0 N–H and O–H groups in total. The summed E-state index contributed by atoms with van der Waals surface area (Å²) in [5, 5.41) is 0. The van der Waals surface area contributed by atoms with E-state index in [1.807, 2.05) is 0 Å². The summed E-state index contributed by atoms with van der Waals surface area (Å²) < 4.78 is 0. The molecular weight excluding hydrogens is 198 g/mol. The van der Waals surface area contributed by atoms with Gasteiger partial charge in [-0.2, -0.15) is 0 Å². The lowest BCUT2D eigenvalue weighted by Gasteiger charge is -2.24. The maximum Gasteiger partial charge on any atom is 0.235 e. The summed E-state index contributed by atoms with van der Waals surface area (Å²) >= 11 is 0. The molecule has 0 aliphatic rings. The quantitative estimate of drug-likeness (QED) is 0.560. The van der Waals surface area contributed by atoms with Crippen molar-refractivity contribution in [2.45, 2.75) is 46.1 Å². The minimum atomic E-state index is 0.172. The second-order valence-corrected chi connectivity index (χ2v) is 4.85. The van der Waals surface area contributed by atoms with Crippen molar-refractivity contribution in [3.63, 3.8) is 0 Å². The smallest absolute Gasteiger partial charge is 0.211 e. The first-order valence-corrected chi connectivity index (χ1v) is 5.64. The topological polar surface area (TPSA) is 29.4 Å². The minimum Gasteiger partial charge on any atom is -0.211 e. The van der Waals surface area contributed by atoms with E-state index in [9.17, 15) is 4.79 Å². The Labute approximate surface area is 97.4 Å². The van der Waals surface area contributed by atoms with Gasteiger partial charge in [0.15, 0.2) is 0 Å². The third-order valence-corrected chi connectivity index (χ3v) is 3.13. The summed E-state index contributed by atoms with van der Waals surface area (Å²) in [5.41, 5.74) is 3.78. The van der Waals surface area contributed by atoms with Gasteiger partial charge in [-0.3, -0.25) is 0 Å². The highest BCUT2D eigenvalue weighted by molar-refractivity contribution is 5.37. The van der Waals surface area contributed by atoms with E-state index in [0.29, 0.717) is 6.54 Å². The minimum absolute atomic E-state index is 0.172. The Kier molecular flexibility index (Phi) is 4.03. The fourth-order valence-corrected chi connectivity index (χ4v) is 1.67. The number of aryl methyl sites for hydroxylation is 1. The van der Waals surface area contributed by atoms with Crippen LogP contribution in [0.2, 0.25) is 0 Å². The zero-order valence-electron chi connectivity index (χ0n) is 10.5. The molecule has 0 aliphatic heterocycles. The van der Waals surface area contributed by atoms with Crippen molar-refractivity contribution in [3.05, 3.63) is 34.9 Å². The van der Waals surface area contributed by atoms with Crippen molar-refractivity contribution < 1.29 is 4.79 Å². The van der Waals surface area contributed by atoms with E-state index >= 15 is 0 Å². The number of carbonyl (C=O) groups excluding carboxylic acids is 1. The molecule has 0 fully saturated rings. The largest absolute Gasteiger partial charge is 0.235 e. The third kappa shape index (κ3) is 3.04. The molecule has 0 aliphatic carbocycles. The van der Waals surface area contributed by atoms with Crippen molar-refractivity contribution in [2.24, 2.45) is 4.99 Å². The summed E-state index contributed by atoms with van der Waals surface area (Å²) in [4.78, 5) is 13.7. The van der Waals surface area contributed by atoms with E-state index in [4.69, 9.17) is 0 Å². The number of benzene rings is 1. The van der Waals surface area contributed by atoms with Gasteiger partial charge >= 0.3 is 0 Å². The molecule has 0 spiro atoms. The zero-order chi connectivity index (χ0) is 12.2. The van der Waals surface area contributed by atoms with E-state index in [1.165, 1.54) is 11.1 Å². The number of nitrogens with zero attached hydrogens (tertiary/aromatic N) is 1. The average Bonchev–Trinajstić information content (AvgIpc) is 2.25. The van der Waals surface area contributed by atoms with Gasteiger partial charge in [-0.05, 0) is 29.9 Å². The molecule has 1 rings (SSSR count). The normalized spacial score (nSPS) is 11.0. The summed E-state index contributed by atoms with van der Waals surface area (Å²) in [7, 11) is 0. The van der Waals surface area contributed by atoms with Crippen LogP contribution in [0.5, 0.6) is 0 Å². The molecule has 0 amide bonds. The molecular formula is C14H19NO. The fourth-order valence-electron chi connectivity index (χ4n) is 1.67. The van der Waals surface area contributed by atoms with Crippen LogP contribution in [0, 0.1) is 6.92 Å². The van der Waals surface area contributed by atoms with Gasteiger partial charge < -0.3 is 0 Å². The molecule has 0 atom stereocenters. The standard InChI is InChI=1S/C14H19NO/c1-5-14(3,4)13-7-11(2)6-12(8-13)9-15-10-16/h6-8H,5,9H2,1-4H3. The predicted octanol–water partition coefficient (Wildman–Crippen LogP) is 3.52. The van der Waals surface area contributed by atoms with Crippen LogP contribution in [-0.2, 0) is 16.8 Å². The highest BCUT2D eigenvalue weighted by Gasteiger charge is 2.18. The lowest BCUT2D eigenvalue weighted by Crippen LogP contribution is -2.15. The number of hydrogen-bond donors (Lipinski definition) is 0. The molecule has 1 aromatic carbocycles. The molecule has 0 saturated heterocycles. The molecule has 2 heteroatoms. The van der Waals surface area contributed by atoms with E-state index in [0.717, 1.165) is 12.0 Å². The molecule has 0 unspecified atom stereocenters. The molecule has 0 bridgehead atoms. The van der Waals surface area contributed by atoms with E-state index < -0.39 is 0 Å². The van der Waals surface area contributed by atoms with Crippen molar-refractivity contribution in [1.82, 2.24) is 0 Å². The van der Waals surface area contributed by atoms with Crippen molar-refractivity contribution in [2.75, 3.05) is 0 Å². The maximum atomic E-state index is 10.1. The van der Waals surface area contributed by atoms with E-state index in [1.54, 1.807) is 6.08 Å². The summed E-state index contributed by atoms with van der Waals surface area (Å²) in [6.45, 7) is 9.15. The van der Waals surface area contributed by atoms with E-state index in [2.05, 4.69) is 50.9 Å². The first kappa shape index (κ1) is 12.7. The van der Waals surface area contributed by atoms with Gasteiger partial charge in [0, 0.05) is 0 Å². The van der Waals surface area contributed by atoms with Gasteiger partial charge in [0.2, 0.25) is 6.08 Å². The highest BCUT2D eigenvalue weighted by atomic mass is 16.1. The molecule has 16 heavy (non-hydrogen) atoms. The van der Waals surface area contributed by atoms with Crippen LogP contribution in [0.4, 0.5) is 0 Å². The Bertz CT molecular complexity index is 415. The van der Waals surface area contributed by atoms with Gasteiger partial charge in [-0.25, -0.2) is 9.79 Å². The van der Waals surface area contributed by atoms with Gasteiger partial charge in [-0.15, -0.1) is 0 Å². The summed E-state index contributed by atoms with van der Waals surface area (Å²) in [6, 6.07) is 6.41. The SMILES string of the molecule is CCC(C)(C)c1cc(C)cc(CN=C=O)c1. The Morgan fingerprint density at radius 3 is 2.56 bits per heavy atom. The van der Waals surface area contributed by atoms with E-state index in [-0.39, 0.29) is 5.41 Å². The number of rotatable bonds is 4. The average molecular weight is 217 g/mol. The third-order valence-electron chi connectivity index (χ3n) is 3.13. The summed E-state index contributed by atoms with van der Waals surface area (Å²) in [5.74, 6) is 0. The molecule has 0 heterocycles. The predicted molar refractivity (Wildman–Crippen MR) is 66.3 cm³/mol. The molecule has 86 valence electrons. The second-order valence-electron chi connectivity index (χ2n) is 4.85. The molecule has 0 aromatic heterocycles. The van der Waals surface area contributed by atoms with Crippen LogP contribution in [0.3, 0.4) is 0 Å². The van der Waals surface area contributed by atoms with Crippen LogP contribution in [0.1, 0.15) is 43.9 Å². The Balaban J connectivity index is 3.12. The van der Waals surface area contributed by atoms with Gasteiger partial charge in [0.05, 0.1) is 6.54 Å². The molecule has 2 nitrogen and oxygen atoms in total. The lowest BCUT2D eigenvalue weighted by molar-refractivity contribution is 0.505.